The van der Waals surface area contributed by atoms with E-state index in [1.165, 1.54) is 18.5 Å². The Morgan fingerprint density at radius 3 is 2.25 bits per heavy atom. The highest BCUT2D eigenvalue weighted by molar-refractivity contribution is 6.21. The Morgan fingerprint density at radius 1 is 0.975 bits per heavy atom. The van der Waals surface area contributed by atoms with E-state index in [-0.39, 0.29) is 29.4 Å². The number of fused-ring (bicyclic) bond motifs is 2. The van der Waals surface area contributed by atoms with Crippen molar-refractivity contribution in [1.29, 1.82) is 0 Å². The molecule has 3 aliphatic rings. The van der Waals surface area contributed by atoms with Crippen molar-refractivity contribution >= 4 is 23.5 Å². The zero-order chi connectivity index (χ0) is 28.9. The fourth-order valence-corrected chi connectivity index (χ4v) is 5.47. The van der Waals surface area contributed by atoms with Crippen LogP contribution in [-0.2, 0) is 28.5 Å². The van der Waals surface area contributed by atoms with E-state index in [9.17, 15) is 35.9 Å². The molecule has 3 heterocycles. The third-order valence-electron chi connectivity index (χ3n) is 7.39. The first-order chi connectivity index (χ1) is 18.8. The largest absolute Gasteiger partial charge is 0.416 e. The van der Waals surface area contributed by atoms with Crippen LogP contribution in [0.1, 0.15) is 27.8 Å². The number of ketones is 1. The zero-order valence-electron chi connectivity index (χ0n) is 21.2. The number of hydrogen-bond donors (Lipinski definition) is 1. The summed E-state index contributed by atoms with van der Waals surface area (Å²) >= 11 is 0. The van der Waals surface area contributed by atoms with Crippen LogP contribution >= 0.6 is 0 Å². The first-order valence-electron chi connectivity index (χ1n) is 12.5. The van der Waals surface area contributed by atoms with Gasteiger partial charge < -0.3 is 5.32 Å². The SMILES string of the molecule is Cc1ccc(C2=CC=NC=C3C(=O)C4=CCNCC4C[N+]3(Cc3cc(C(F)(F)F)cc(C(F)(F)F)c3)C2=O)cc1. The highest BCUT2D eigenvalue weighted by atomic mass is 19.4. The van der Waals surface area contributed by atoms with E-state index in [0.29, 0.717) is 36.4 Å². The Kier molecular flexibility index (Phi) is 6.91. The highest BCUT2D eigenvalue weighted by Gasteiger charge is 2.54. The number of quaternary nitrogens is 1. The maximum Gasteiger partial charge on any atom is 0.416 e. The van der Waals surface area contributed by atoms with Crippen LogP contribution in [0.25, 0.3) is 5.57 Å². The van der Waals surface area contributed by atoms with E-state index in [4.69, 9.17) is 0 Å². The van der Waals surface area contributed by atoms with Gasteiger partial charge in [-0.15, -0.1) is 0 Å². The number of Topliss-reactive ketones (excluding diaryl/α,β-unsaturated/α-hetero) is 1. The second-order valence-electron chi connectivity index (χ2n) is 10.1. The maximum atomic E-state index is 14.5. The molecule has 0 aromatic heterocycles. The number of piperidine rings is 1. The summed E-state index contributed by atoms with van der Waals surface area (Å²) in [5.41, 5.74) is -1.47. The molecule has 11 heteroatoms. The Morgan fingerprint density at radius 2 is 1.62 bits per heavy atom. The molecule has 0 saturated carbocycles. The molecular weight excluding hydrogens is 536 g/mol. The van der Waals surface area contributed by atoms with Gasteiger partial charge in [-0.05, 0) is 36.8 Å². The van der Waals surface area contributed by atoms with Gasteiger partial charge in [0.15, 0.2) is 0 Å². The molecule has 2 aromatic carbocycles. The summed E-state index contributed by atoms with van der Waals surface area (Å²) in [5.74, 6) is -1.61. The van der Waals surface area contributed by atoms with Gasteiger partial charge in [-0.1, -0.05) is 35.9 Å². The second-order valence-corrected chi connectivity index (χ2v) is 10.1. The lowest BCUT2D eigenvalue weighted by Gasteiger charge is -2.44. The van der Waals surface area contributed by atoms with E-state index in [2.05, 4.69) is 10.3 Å². The van der Waals surface area contributed by atoms with Crippen LogP contribution < -0.4 is 5.32 Å². The predicted octanol–water partition coefficient (Wildman–Crippen LogP) is 5.61. The van der Waals surface area contributed by atoms with E-state index < -0.39 is 52.1 Å². The minimum Gasteiger partial charge on any atom is -0.312 e. The van der Waals surface area contributed by atoms with Gasteiger partial charge >= 0.3 is 18.3 Å². The van der Waals surface area contributed by atoms with Crippen LogP contribution in [0.4, 0.5) is 26.3 Å². The van der Waals surface area contributed by atoms with Crippen LogP contribution in [0, 0.1) is 12.8 Å². The highest BCUT2D eigenvalue weighted by Crippen LogP contribution is 2.42. The second kappa shape index (κ2) is 9.97. The van der Waals surface area contributed by atoms with Crippen molar-refractivity contribution in [3.63, 3.8) is 0 Å². The summed E-state index contributed by atoms with van der Waals surface area (Å²) < 4.78 is 81.3. The van der Waals surface area contributed by atoms with Crippen LogP contribution in [0.2, 0.25) is 0 Å². The Labute approximate surface area is 225 Å². The number of rotatable bonds is 3. The summed E-state index contributed by atoms with van der Waals surface area (Å²) in [4.78, 5) is 32.4. The molecule has 40 heavy (non-hydrogen) atoms. The molecule has 0 aliphatic carbocycles. The molecule has 0 spiro atoms. The number of nitrogens with zero attached hydrogens (tertiary/aromatic N) is 2. The first kappa shape index (κ1) is 27.7. The third-order valence-corrected chi connectivity index (χ3v) is 7.39. The van der Waals surface area contributed by atoms with E-state index >= 15 is 0 Å². The molecule has 0 radical (unpaired) electrons. The molecule has 2 unspecified atom stereocenters. The van der Waals surface area contributed by atoms with Crippen molar-refractivity contribution in [3.05, 3.63) is 99.9 Å². The topological polar surface area (TPSA) is 58.5 Å². The summed E-state index contributed by atoms with van der Waals surface area (Å²) in [6, 6.07) is 8.20. The van der Waals surface area contributed by atoms with Gasteiger partial charge in [0.2, 0.25) is 11.5 Å². The number of aryl methyl sites for hydroxylation is 1. The van der Waals surface area contributed by atoms with Crippen molar-refractivity contribution in [1.82, 2.24) is 5.32 Å². The normalized spacial score (nSPS) is 23.4. The molecule has 1 fully saturated rings. The van der Waals surface area contributed by atoms with Gasteiger partial charge in [0.05, 0.1) is 35.4 Å². The average molecular weight is 561 g/mol. The molecule has 5 rings (SSSR count). The van der Waals surface area contributed by atoms with Crippen molar-refractivity contribution in [3.8, 4) is 0 Å². The van der Waals surface area contributed by atoms with Crippen LogP contribution in [0.5, 0.6) is 0 Å². The molecule has 2 aromatic rings. The minimum atomic E-state index is -5.06. The monoisotopic (exact) mass is 560 g/mol. The molecule has 3 aliphatic heterocycles. The van der Waals surface area contributed by atoms with Gasteiger partial charge in [0, 0.05) is 30.4 Å². The van der Waals surface area contributed by atoms with E-state index in [0.717, 1.165) is 5.56 Å². The molecule has 208 valence electrons. The lowest BCUT2D eigenvalue weighted by molar-refractivity contribution is -0.827. The zero-order valence-corrected chi connectivity index (χ0v) is 21.2. The van der Waals surface area contributed by atoms with Crippen molar-refractivity contribution in [2.24, 2.45) is 10.9 Å². The predicted molar refractivity (Wildman–Crippen MR) is 135 cm³/mol. The van der Waals surface area contributed by atoms with Crippen molar-refractivity contribution in [2.45, 2.75) is 25.8 Å². The van der Waals surface area contributed by atoms with Crippen LogP contribution in [0.3, 0.4) is 0 Å². The fraction of sp³-hybridized carbons (Fsp3) is 0.276. The van der Waals surface area contributed by atoms with Gasteiger partial charge in [-0.25, -0.2) is 9.28 Å². The lowest BCUT2D eigenvalue weighted by Crippen LogP contribution is -2.61. The van der Waals surface area contributed by atoms with Gasteiger partial charge in [0.25, 0.3) is 0 Å². The number of hydrogen-bond acceptors (Lipinski definition) is 4. The van der Waals surface area contributed by atoms with E-state index in [1.54, 1.807) is 30.3 Å². The summed E-state index contributed by atoms with van der Waals surface area (Å²) in [5, 5.41) is 3.12. The smallest absolute Gasteiger partial charge is 0.312 e. The van der Waals surface area contributed by atoms with Gasteiger partial charge in [0.1, 0.15) is 6.54 Å². The number of benzene rings is 2. The molecular formula is C29H24F6N3O2+. The number of carbonyl (C=O) groups is 2. The van der Waals surface area contributed by atoms with Crippen molar-refractivity contribution in [2.75, 3.05) is 19.6 Å². The summed E-state index contributed by atoms with van der Waals surface area (Å²) in [7, 11) is 0. The number of allylic oxidation sites excluding steroid dienone is 2. The van der Waals surface area contributed by atoms with Crippen LogP contribution in [-0.4, -0.2) is 42.0 Å². The lowest BCUT2D eigenvalue weighted by atomic mass is 9.83. The van der Waals surface area contributed by atoms with Gasteiger partial charge in [-0.2, -0.15) is 26.3 Å². The molecule has 1 N–H and O–H groups in total. The first-order valence-corrected chi connectivity index (χ1v) is 12.5. The standard InChI is InChI=1S/C29H24F6N3O2/c1-17-2-4-19(5-3-17)24-7-9-37-14-25-26(39)23-6-8-36-13-20(23)16-38(25,27(24)40)15-18-10-21(28(30,31)32)12-22(11-18)29(33,34)35/h2-7,9-12,14,20,36H,8,13,15-16H2,1H3/q+1. The quantitative estimate of drug-likeness (QED) is 0.392. The molecule has 2 atom stereocenters. The number of alkyl halides is 6. The number of carbonyl (C=O) groups excluding carboxylic acids is 2. The maximum absolute atomic E-state index is 14.5. The van der Waals surface area contributed by atoms with Gasteiger partial charge in [-0.3, -0.25) is 9.79 Å². The number of nitrogens with one attached hydrogen (secondary N) is 1. The third kappa shape index (κ3) is 5.06. The Balaban J connectivity index is 1.72. The Hall–Kier alpha value is -3.83. The minimum absolute atomic E-state index is 0.0463. The molecule has 1 amide bonds. The number of amides is 1. The molecule has 5 nitrogen and oxygen atoms in total. The molecule has 0 bridgehead atoms. The van der Waals surface area contributed by atoms with Crippen molar-refractivity contribution < 1.29 is 40.4 Å². The summed E-state index contributed by atoms with van der Waals surface area (Å²) in [6.07, 6.45) is -4.44. The summed E-state index contributed by atoms with van der Waals surface area (Å²) in [6.45, 7) is 1.94. The molecule has 1 saturated heterocycles. The van der Waals surface area contributed by atoms with Crippen LogP contribution in [0.15, 0.2) is 77.1 Å². The number of aliphatic imine (C=N–C) groups is 1. The Bertz CT molecular complexity index is 1470. The number of halogens is 6. The fourth-order valence-electron chi connectivity index (χ4n) is 5.47. The van der Waals surface area contributed by atoms with E-state index in [1.807, 2.05) is 6.92 Å². The average Bonchev–Trinajstić information content (AvgIpc) is 2.88.